The lowest BCUT2D eigenvalue weighted by molar-refractivity contribution is 0.356. The number of hydrogen-bond acceptors (Lipinski definition) is 2. The summed E-state index contributed by atoms with van der Waals surface area (Å²) in [6.07, 6.45) is 1.74. The van der Waals surface area contributed by atoms with E-state index in [9.17, 15) is 0 Å². The van der Waals surface area contributed by atoms with Crippen LogP contribution in [-0.4, -0.2) is 9.78 Å². The van der Waals surface area contributed by atoms with Crippen LogP contribution in [0.5, 0.6) is 0 Å². The number of nitrogens with zero attached hydrogens (tertiary/aromatic N) is 2. The summed E-state index contributed by atoms with van der Waals surface area (Å²) in [6.45, 7) is 6.11. The fourth-order valence-electron chi connectivity index (χ4n) is 0.710. The molecule has 0 spiro atoms. The molecule has 0 aliphatic heterocycles. The lowest BCUT2D eigenvalue weighted by atomic mass is 10.1. The summed E-state index contributed by atoms with van der Waals surface area (Å²) >= 11 is 5.68. The Morgan fingerprint density at radius 3 is 2.27 bits per heavy atom. The lowest BCUT2D eigenvalue weighted by Gasteiger charge is -2.18. The van der Waals surface area contributed by atoms with Crippen molar-refractivity contribution in [3.8, 4) is 0 Å². The predicted molar refractivity (Wildman–Crippen MR) is 46.6 cm³/mol. The van der Waals surface area contributed by atoms with Gasteiger partial charge in [-0.25, -0.2) is 0 Å². The van der Waals surface area contributed by atoms with E-state index in [1.165, 1.54) is 0 Å². The number of nitrogen functional groups attached to an aromatic ring is 1. The number of nitrogens with two attached hydrogens (primary N) is 1. The molecule has 4 heteroatoms. The minimum Gasteiger partial charge on any atom is -0.395 e. The van der Waals surface area contributed by atoms with Crippen molar-refractivity contribution in [1.29, 1.82) is 0 Å². The summed E-state index contributed by atoms with van der Waals surface area (Å²) in [5.41, 5.74) is 6.00. The Labute approximate surface area is 71.1 Å². The quantitative estimate of drug-likeness (QED) is 0.651. The summed E-state index contributed by atoms with van der Waals surface area (Å²) < 4.78 is 1.75. The molecule has 0 fully saturated rings. The number of hydrogen-bond donors (Lipinski definition) is 1. The molecule has 0 saturated carbocycles. The average molecular weight is 174 g/mol. The maximum absolute atomic E-state index is 5.68. The van der Waals surface area contributed by atoms with Gasteiger partial charge in [0, 0.05) is 0 Å². The minimum atomic E-state index is -0.0543. The molecule has 1 aromatic heterocycles. The summed E-state index contributed by atoms with van der Waals surface area (Å²) in [5.74, 6) is 0. The van der Waals surface area contributed by atoms with Gasteiger partial charge < -0.3 is 5.73 Å². The van der Waals surface area contributed by atoms with Gasteiger partial charge in [-0.15, -0.1) is 0 Å². The van der Waals surface area contributed by atoms with Crippen molar-refractivity contribution in [2.75, 3.05) is 5.73 Å². The second-order valence-corrected chi connectivity index (χ2v) is 3.85. The molecule has 0 atom stereocenters. The zero-order valence-corrected chi connectivity index (χ0v) is 7.68. The van der Waals surface area contributed by atoms with Gasteiger partial charge in [0.15, 0.2) is 5.15 Å². The third-order valence-electron chi connectivity index (χ3n) is 1.38. The predicted octanol–water partition coefficient (Wildman–Crippen LogP) is 1.87. The van der Waals surface area contributed by atoms with Gasteiger partial charge in [0.05, 0.1) is 17.4 Å². The molecular weight excluding hydrogens is 162 g/mol. The van der Waals surface area contributed by atoms with Crippen molar-refractivity contribution in [1.82, 2.24) is 9.78 Å². The number of aromatic nitrogens is 2. The highest BCUT2D eigenvalue weighted by atomic mass is 35.5. The van der Waals surface area contributed by atoms with E-state index in [4.69, 9.17) is 17.3 Å². The van der Waals surface area contributed by atoms with E-state index in [-0.39, 0.29) is 5.54 Å². The zero-order chi connectivity index (χ0) is 8.65. The first-order valence-corrected chi connectivity index (χ1v) is 3.80. The van der Waals surface area contributed by atoms with Crippen molar-refractivity contribution in [3.05, 3.63) is 11.3 Å². The van der Waals surface area contributed by atoms with Gasteiger partial charge in [-0.2, -0.15) is 5.10 Å². The first-order chi connectivity index (χ1) is 4.91. The molecule has 0 saturated heterocycles. The van der Waals surface area contributed by atoms with E-state index < -0.39 is 0 Å². The molecule has 0 aromatic carbocycles. The third-order valence-corrected chi connectivity index (χ3v) is 1.68. The Hall–Kier alpha value is -0.700. The van der Waals surface area contributed by atoms with Gasteiger partial charge in [-0.05, 0) is 20.8 Å². The average Bonchev–Trinajstić information content (AvgIpc) is 2.11. The van der Waals surface area contributed by atoms with Crippen molar-refractivity contribution >= 4 is 17.3 Å². The summed E-state index contributed by atoms with van der Waals surface area (Å²) in [5, 5.41) is 4.41. The van der Waals surface area contributed by atoms with Crippen molar-refractivity contribution < 1.29 is 0 Å². The largest absolute Gasteiger partial charge is 0.395 e. The van der Waals surface area contributed by atoms with Gasteiger partial charge in [0.1, 0.15) is 0 Å². The molecule has 62 valence electrons. The van der Waals surface area contributed by atoms with Crippen LogP contribution >= 0.6 is 11.6 Å². The van der Waals surface area contributed by atoms with E-state index in [0.29, 0.717) is 10.8 Å². The van der Waals surface area contributed by atoms with E-state index in [1.807, 2.05) is 20.8 Å². The van der Waals surface area contributed by atoms with E-state index >= 15 is 0 Å². The van der Waals surface area contributed by atoms with Crippen molar-refractivity contribution in [2.24, 2.45) is 0 Å². The lowest BCUT2D eigenvalue weighted by Crippen LogP contribution is -2.22. The number of rotatable bonds is 0. The zero-order valence-electron chi connectivity index (χ0n) is 6.93. The van der Waals surface area contributed by atoms with Crippen LogP contribution in [0, 0.1) is 0 Å². The van der Waals surface area contributed by atoms with Crippen LogP contribution in [0.1, 0.15) is 20.8 Å². The molecule has 2 N–H and O–H groups in total. The van der Waals surface area contributed by atoms with Crippen LogP contribution in [0.15, 0.2) is 6.20 Å². The van der Waals surface area contributed by atoms with Gasteiger partial charge in [0.25, 0.3) is 0 Å². The molecule has 1 aromatic rings. The maximum Gasteiger partial charge on any atom is 0.173 e. The fraction of sp³-hybridized carbons (Fsp3) is 0.571. The monoisotopic (exact) mass is 173 g/mol. The summed E-state index contributed by atoms with van der Waals surface area (Å²) in [7, 11) is 0. The van der Waals surface area contributed by atoms with Crippen LogP contribution in [0.2, 0.25) is 5.15 Å². The summed E-state index contributed by atoms with van der Waals surface area (Å²) in [4.78, 5) is 0. The molecular formula is C7H12ClN3. The van der Waals surface area contributed by atoms with Gasteiger partial charge in [0.2, 0.25) is 0 Å². The molecule has 3 nitrogen and oxygen atoms in total. The smallest absolute Gasteiger partial charge is 0.173 e. The van der Waals surface area contributed by atoms with Crippen LogP contribution in [0.25, 0.3) is 0 Å². The molecule has 0 aliphatic rings. The highest BCUT2D eigenvalue weighted by Crippen LogP contribution is 2.20. The van der Waals surface area contributed by atoms with E-state index in [2.05, 4.69) is 5.10 Å². The number of halogens is 1. The Morgan fingerprint density at radius 2 is 2.09 bits per heavy atom. The Morgan fingerprint density at radius 1 is 1.55 bits per heavy atom. The Balaban J connectivity index is 3.08. The van der Waals surface area contributed by atoms with E-state index in [0.717, 1.165) is 0 Å². The third kappa shape index (κ3) is 1.66. The van der Waals surface area contributed by atoms with Crippen LogP contribution in [-0.2, 0) is 5.54 Å². The number of anilines is 1. The van der Waals surface area contributed by atoms with Gasteiger partial charge in [-0.3, -0.25) is 4.68 Å². The van der Waals surface area contributed by atoms with E-state index in [1.54, 1.807) is 10.9 Å². The second kappa shape index (κ2) is 2.41. The minimum absolute atomic E-state index is 0.0543. The van der Waals surface area contributed by atoms with Crippen LogP contribution < -0.4 is 5.73 Å². The highest BCUT2D eigenvalue weighted by Gasteiger charge is 2.15. The standard InChI is InChI=1S/C7H12ClN3/c1-7(2,3)11-4-5(9)6(8)10-11/h4H,9H2,1-3H3. The molecule has 0 amide bonds. The summed E-state index contributed by atoms with van der Waals surface area (Å²) in [6, 6.07) is 0. The molecule has 1 heterocycles. The van der Waals surface area contributed by atoms with Gasteiger partial charge >= 0.3 is 0 Å². The normalized spacial score (nSPS) is 12.0. The van der Waals surface area contributed by atoms with Crippen LogP contribution in [0.3, 0.4) is 0 Å². The molecule has 11 heavy (non-hydrogen) atoms. The first-order valence-electron chi connectivity index (χ1n) is 3.42. The van der Waals surface area contributed by atoms with Crippen molar-refractivity contribution in [3.63, 3.8) is 0 Å². The molecule has 0 radical (unpaired) electrons. The topological polar surface area (TPSA) is 43.8 Å². The highest BCUT2D eigenvalue weighted by molar-refractivity contribution is 6.31. The molecule has 0 aliphatic carbocycles. The van der Waals surface area contributed by atoms with Crippen LogP contribution in [0.4, 0.5) is 5.69 Å². The first kappa shape index (κ1) is 8.40. The SMILES string of the molecule is CC(C)(C)n1cc(N)c(Cl)n1. The Bertz CT molecular complexity index is 240. The van der Waals surface area contributed by atoms with Gasteiger partial charge in [-0.1, -0.05) is 11.6 Å². The molecule has 1 rings (SSSR count). The fourth-order valence-corrected chi connectivity index (χ4v) is 0.840. The molecule has 0 unspecified atom stereocenters. The molecule has 0 bridgehead atoms. The van der Waals surface area contributed by atoms with Crippen molar-refractivity contribution in [2.45, 2.75) is 26.3 Å². The maximum atomic E-state index is 5.68. The second-order valence-electron chi connectivity index (χ2n) is 3.49. The Kier molecular flexibility index (Phi) is 1.84.